The fourth-order valence-corrected chi connectivity index (χ4v) is 4.33. The summed E-state index contributed by atoms with van der Waals surface area (Å²) in [7, 11) is 0. The number of likely N-dealkylation sites (tertiary alicyclic amines) is 1. The van der Waals surface area contributed by atoms with Crippen molar-refractivity contribution in [2.24, 2.45) is 5.92 Å². The monoisotopic (exact) mass is 452 g/mol. The molecular weight excluding hydrogens is 424 g/mol. The molecule has 1 aliphatic heterocycles. The number of hydrogen-bond acceptors (Lipinski definition) is 5. The van der Waals surface area contributed by atoms with E-state index in [4.69, 9.17) is 16.1 Å². The van der Waals surface area contributed by atoms with Crippen LogP contribution in [-0.2, 0) is 24.2 Å². The van der Waals surface area contributed by atoms with Gasteiger partial charge in [0.1, 0.15) is 0 Å². The van der Waals surface area contributed by atoms with Gasteiger partial charge in [-0.1, -0.05) is 48.8 Å². The summed E-state index contributed by atoms with van der Waals surface area (Å²) in [6.07, 6.45) is 3.45. The second-order valence-electron chi connectivity index (χ2n) is 8.22. The number of amides is 1. The molecular formula is C25H29ClN4O2. The smallest absolute Gasteiger partial charge is 0.241 e. The number of nitrogens with zero attached hydrogens (tertiary/aromatic N) is 3. The SMILES string of the molecule is CCc1cccc(CC)c1NC(=O)C1CCN(Cc2nc(-c3ccc(Cl)cc3)no2)CC1. The first-order chi connectivity index (χ1) is 15.6. The normalized spacial score (nSPS) is 15.1. The Labute approximate surface area is 194 Å². The topological polar surface area (TPSA) is 71.3 Å². The number of piperidine rings is 1. The van der Waals surface area contributed by atoms with Crippen LogP contribution >= 0.6 is 11.6 Å². The van der Waals surface area contributed by atoms with Gasteiger partial charge >= 0.3 is 0 Å². The van der Waals surface area contributed by atoms with E-state index < -0.39 is 0 Å². The Morgan fingerprint density at radius 3 is 2.38 bits per heavy atom. The molecule has 4 rings (SSSR count). The van der Waals surface area contributed by atoms with Gasteiger partial charge < -0.3 is 9.84 Å². The number of hydrogen-bond donors (Lipinski definition) is 1. The van der Waals surface area contributed by atoms with Crippen molar-refractivity contribution in [2.45, 2.75) is 46.1 Å². The number of para-hydroxylation sites is 1. The van der Waals surface area contributed by atoms with Gasteiger partial charge in [-0.2, -0.15) is 4.98 Å². The summed E-state index contributed by atoms with van der Waals surface area (Å²) in [5, 5.41) is 7.99. The number of aromatic nitrogens is 2. The molecule has 0 atom stereocenters. The third kappa shape index (κ3) is 5.19. The second-order valence-corrected chi connectivity index (χ2v) is 8.65. The Morgan fingerprint density at radius 2 is 1.75 bits per heavy atom. The highest BCUT2D eigenvalue weighted by Gasteiger charge is 2.27. The minimum atomic E-state index is 0.0215. The third-order valence-corrected chi connectivity index (χ3v) is 6.39. The summed E-state index contributed by atoms with van der Waals surface area (Å²) >= 11 is 5.94. The van der Waals surface area contributed by atoms with E-state index in [0.29, 0.717) is 23.3 Å². The van der Waals surface area contributed by atoms with E-state index in [9.17, 15) is 4.79 Å². The first-order valence-corrected chi connectivity index (χ1v) is 11.7. The Balaban J connectivity index is 1.32. The zero-order valence-corrected chi connectivity index (χ0v) is 19.4. The van der Waals surface area contributed by atoms with Gasteiger partial charge in [-0.3, -0.25) is 9.69 Å². The average molecular weight is 453 g/mol. The molecule has 0 aliphatic carbocycles. The van der Waals surface area contributed by atoms with Gasteiger partial charge in [0.2, 0.25) is 17.6 Å². The molecule has 1 saturated heterocycles. The lowest BCUT2D eigenvalue weighted by Gasteiger charge is -2.30. The fraction of sp³-hybridized carbons (Fsp3) is 0.400. The molecule has 2 heterocycles. The molecule has 3 aromatic rings. The molecule has 168 valence electrons. The molecule has 0 bridgehead atoms. The van der Waals surface area contributed by atoms with Crippen LogP contribution in [0.5, 0.6) is 0 Å². The maximum Gasteiger partial charge on any atom is 0.241 e. The lowest BCUT2D eigenvalue weighted by Crippen LogP contribution is -2.38. The van der Waals surface area contributed by atoms with Crippen LogP contribution in [0, 0.1) is 5.92 Å². The first-order valence-electron chi connectivity index (χ1n) is 11.3. The number of halogens is 1. The summed E-state index contributed by atoms with van der Waals surface area (Å²) in [5.41, 5.74) is 4.27. The predicted molar refractivity (Wildman–Crippen MR) is 127 cm³/mol. The molecule has 0 radical (unpaired) electrons. The maximum absolute atomic E-state index is 13.0. The van der Waals surface area contributed by atoms with E-state index in [1.807, 2.05) is 24.3 Å². The van der Waals surface area contributed by atoms with Gasteiger partial charge in [-0.05, 0) is 74.2 Å². The van der Waals surface area contributed by atoms with Crippen molar-refractivity contribution in [1.29, 1.82) is 0 Å². The number of carbonyl (C=O) groups is 1. The number of anilines is 1. The quantitative estimate of drug-likeness (QED) is 0.522. The van der Waals surface area contributed by atoms with Crippen LogP contribution in [0.25, 0.3) is 11.4 Å². The number of nitrogens with one attached hydrogen (secondary N) is 1. The number of aryl methyl sites for hydroxylation is 2. The van der Waals surface area contributed by atoms with Crippen LogP contribution < -0.4 is 5.32 Å². The highest BCUT2D eigenvalue weighted by Crippen LogP contribution is 2.26. The van der Waals surface area contributed by atoms with Crippen molar-refractivity contribution in [3.63, 3.8) is 0 Å². The summed E-state index contributed by atoms with van der Waals surface area (Å²) in [4.78, 5) is 19.7. The van der Waals surface area contributed by atoms with E-state index in [1.165, 1.54) is 11.1 Å². The first kappa shape index (κ1) is 22.5. The molecule has 0 saturated carbocycles. The molecule has 1 N–H and O–H groups in total. The average Bonchev–Trinajstić information content (AvgIpc) is 3.28. The zero-order chi connectivity index (χ0) is 22.5. The molecule has 0 unspecified atom stereocenters. The van der Waals surface area contributed by atoms with Gasteiger partial charge in [0.25, 0.3) is 0 Å². The van der Waals surface area contributed by atoms with Crippen LogP contribution in [-0.4, -0.2) is 34.0 Å². The number of rotatable bonds is 7. The van der Waals surface area contributed by atoms with Crippen molar-refractivity contribution in [3.8, 4) is 11.4 Å². The number of carbonyl (C=O) groups excluding carboxylic acids is 1. The highest BCUT2D eigenvalue weighted by atomic mass is 35.5. The van der Waals surface area contributed by atoms with Crippen molar-refractivity contribution in [3.05, 3.63) is 64.5 Å². The standard InChI is InChI=1S/C25H29ClN4O2/c1-3-17-6-5-7-18(4-2)23(17)28-25(31)20-12-14-30(15-13-20)16-22-27-24(29-32-22)19-8-10-21(26)11-9-19/h5-11,20H,3-4,12-16H2,1-2H3,(H,28,31). The molecule has 1 fully saturated rings. The minimum absolute atomic E-state index is 0.0215. The van der Waals surface area contributed by atoms with E-state index in [-0.39, 0.29) is 11.8 Å². The Morgan fingerprint density at radius 1 is 1.09 bits per heavy atom. The molecule has 32 heavy (non-hydrogen) atoms. The Hall–Kier alpha value is -2.70. The lowest BCUT2D eigenvalue weighted by atomic mass is 9.95. The summed E-state index contributed by atoms with van der Waals surface area (Å²) < 4.78 is 5.44. The van der Waals surface area contributed by atoms with Crippen molar-refractivity contribution in [2.75, 3.05) is 18.4 Å². The van der Waals surface area contributed by atoms with E-state index in [2.05, 4.69) is 52.4 Å². The van der Waals surface area contributed by atoms with Crippen molar-refractivity contribution < 1.29 is 9.32 Å². The summed E-state index contributed by atoms with van der Waals surface area (Å²) in [6.45, 7) is 6.49. The second kappa shape index (κ2) is 10.3. The Bertz CT molecular complexity index is 1030. The maximum atomic E-state index is 13.0. The van der Waals surface area contributed by atoms with Crippen molar-refractivity contribution >= 4 is 23.2 Å². The van der Waals surface area contributed by atoms with E-state index >= 15 is 0 Å². The molecule has 1 aliphatic rings. The molecule has 1 aromatic heterocycles. The zero-order valence-electron chi connectivity index (χ0n) is 18.6. The minimum Gasteiger partial charge on any atom is -0.338 e. The number of benzene rings is 2. The Kier molecular flexibility index (Phi) is 7.22. The van der Waals surface area contributed by atoms with Crippen LogP contribution in [0.1, 0.15) is 43.7 Å². The molecule has 6 nitrogen and oxygen atoms in total. The molecule has 2 aromatic carbocycles. The van der Waals surface area contributed by atoms with Gasteiger partial charge in [0.05, 0.1) is 6.54 Å². The van der Waals surface area contributed by atoms with E-state index in [0.717, 1.165) is 50.0 Å². The van der Waals surface area contributed by atoms with Crippen LogP contribution in [0.3, 0.4) is 0 Å². The molecule has 0 spiro atoms. The highest BCUT2D eigenvalue weighted by molar-refractivity contribution is 6.30. The van der Waals surface area contributed by atoms with Crippen LogP contribution in [0.4, 0.5) is 5.69 Å². The van der Waals surface area contributed by atoms with Gasteiger partial charge in [-0.15, -0.1) is 0 Å². The van der Waals surface area contributed by atoms with Gasteiger partial charge in [0, 0.05) is 22.2 Å². The molecule has 1 amide bonds. The summed E-state index contributed by atoms with van der Waals surface area (Å²) in [5.74, 6) is 1.30. The fourth-order valence-electron chi connectivity index (χ4n) is 4.21. The lowest BCUT2D eigenvalue weighted by molar-refractivity contribution is -0.121. The largest absolute Gasteiger partial charge is 0.338 e. The summed E-state index contributed by atoms with van der Waals surface area (Å²) in [6, 6.07) is 13.6. The van der Waals surface area contributed by atoms with Crippen LogP contribution in [0.2, 0.25) is 5.02 Å². The van der Waals surface area contributed by atoms with Crippen molar-refractivity contribution in [1.82, 2.24) is 15.0 Å². The third-order valence-electron chi connectivity index (χ3n) is 6.13. The van der Waals surface area contributed by atoms with Crippen LogP contribution in [0.15, 0.2) is 47.0 Å². The van der Waals surface area contributed by atoms with Gasteiger partial charge in [-0.25, -0.2) is 0 Å². The van der Waals surface area contributed by atoms with E-state index in [1.54, 1.807) is 0 Å². The molecule has 7 heteroatoms. The predicted octanol–water partition coefficient (Wildman–Crippen LogP) is 5.37. The van der Waals surface area contributed by atoms with Gasteiger partial charge in [0.15, 0.2) is 0 Å².